The molecule has 0 N–H and O–H groups in total. The van der Waals surface area contributed by atoms with Crippen LogP contribution in [0.25, 0.3) is 0 Å². The van der Waals surface area contributed by atoms with Gasteiger partial charge in [-0.05, 0) is 16.7 Å². The Balaban J connectivity index is 1.40. The second-order valence-corrected chi connectivity index (χ2v) is 7.45. The Morgan fingerprint density at radius 2 is 1.13 bits per heavy atom. The molecule has 1 saturated heterocycles. The van der Waals surface area contributed by atoms with E-state index in [1.807, 2.05) is 91.0 Å². The molecule has 31 heavy (non-hydrogen) atoms. The van der Waals surface area contributed by atoms with Gasteiger partial charge in [-0.2, -0.15) is 0 Å². The summed E-state index contributed by atoms with van der Waals surface area (Å²) >= 11 is 0. The first-order chi connectivity index (χ1) is 15.3. The van der Waals surface area contributed by atoms with Crippen LogP contribution in [0.15, 0.2) is 91.0 Å². The summed E-state index contributed by atoms with van der Waals surface area (Å²) in [4.78, 5) is 12.6. The van der Waals surface area contributed by atoms with Crippen LogP contribution in [0.2, 0.25) is 0 Å². The Morgan fingerprint density at radius 3 is 1.68 bits per heavy atom. The summed E-state index contributed by atoms with van der Waals surface area (Å²) in [6.07, 6.45) is -1.87. The monoisotopic (exact) mass is 418 g/mol. The van der Waals surface area contributed by atoms with Gasteiger partial charge in [0, 0.05) is 0 Å². The van der Waals surface area contributed by atoms with Crippen molar-refractivity contribution >= 4 is 5.97 Å². The van der Waals surface area contributed by atoms with E-state index in [2.05, 4.69) is 0 Å². The van der Waals surface area contributed by atoms with Crippen LogP contribution >= 0.6 is 0 Å². The van der Waals surface area contributed by atoms with Gasteiger partial charge in [0.25, 0.3) is 0 Å². The number of carbonyl (C=O) groups excluding carboxylic acids is 1. The van der Waals surface area contributed by atoms with Crippen molar-refractivity contribution in [2.24, 2.45) is 0 Å². The predicted octanol–water partition coefficient (Wildman–Crippen LogP) is 4.30. The lowest BCUT2D eigenvalue weighted by atomic mass is 10.1. The molecule has 0 amide bonds. The first-order valence-corrected chi connectivity index (χ1v) is 10.4. The van der Waals surface area contributed by atoms with E-state index in [1.165, 1.54) is 0 Å². The molecule has 0 spiro atoms. The van der Waals surface area contributed by atoms with Gasteiger partial charge >= 0.3 is 5.97 Å². The van der Waals surface area contributed by atoms with E-state index in [0.29, 0.717) is 19.8 Å². The van der Waals surface area contributed by atoms with Gasteiger partial charge in [0.05, 0.1) is 26.4 Å². The molecule has 0 bridgehead atoms. The molecular formula is C26H26O5. The molecule has 160 valence electrons. The summed E-state index contributed by atoms with van der Waals surface area (Å²) < 4.78 is 23.5. The summed E-state index contributed by atoms with van der Waals surface area (Å²) in [5.41, 5.74) is 3.07. The molecule has 1 fully saturated rings. The first kappa shape index (κ1) is 21.2. The van der Waals surface area contributed by atoms with Gasteiger partial charge in [-0.25, -0.2) is 4.79 Å². The number of carbonyl (C=O) groups is 1. The Hall–Kier alpha value is -2.99. The molecule has 4 rings (SSSR count). The highest BCUT2D eigenvalue weighted by molar-refractivity contribution is 5.78. The van der Waals surface area contributed by atoms with Crippen molar-refractivity contribution in [3.8, 4) is 0 Å². The van der Waals surface area contributed by atoms with E-state index in [4.69, 9.17) is 18.9 Å². The maximum Gasteiger partial charge on any atom is 0.338 e. The minimum absolute atomic E-state index is 0.241. The minimum atomic E-state index is -0.797. The average Bonchev–Trinajstić information content (AvgIpc) is 3.12. The van der Waals surface area contributed by atoms with Crippen LogP contribution in [0, 0.1) is 0 Å². The number of rotatable bonds is 10. The summed E-state index contributed by atoms with van der Waals surface area (Å²) in [7, 11) is 0. The van der Waals surface area contributed by atoms with E-state index < -0.39 is 24.3 Å². The maximum absolute atomic E-state index is 12.6. The molecule has 3 aromatic rings. The maximum atomic E-state index is 12.6. The lowest BCUT2D eigenvalue weighted by Gasteiger charge is -2.22. The number of ether oxygens (including phenoxy) is 4. The van der Waals surface area contributed by atoms with Crippen molar-refractivity contribution in [2.75, 3.05) is 6.61 Å². The Bertz CT molecular complexity index is 930. The molecule has 1 aliphatic heterocycles. The Morgan fingerprint density at radius 1 is 0.645 bits per heavy atom. The lowest BCUT2D eigenvalue weighted by Crippen LogP contribution is -2.38. The molecule has 0 aromatic heterocycles. The summed E-state index contributed by atoms with van der Waals surface area (Å²) in [6.45, 7) is 1.35. The smallest absolute Gasteiger partial charge is 0.338 e. The molecule has 0 aliphatic carbocycles. The van der Waals surface area contributed by atoms with Gasteiger partial charge in [-0.1, -0.05) is 91.0 Å². The first-order valence-electron chi connectivity index (χ1n) is 10.4. The molecule has 5 nitrogen and oxygen atoms in total. The van der Waals surface area contributed by atoms with Crippen LogP contribution < -0.4 is 0 Å². The van der Waals surface area contributed by atoms with Crippen molar-refractivity contribution in [1.82, 2.24) is 0 Å². The molecule has 5 heteroatoms. The SMILES string of the molecule is O=C1O[C@H](COCc2ccccc2)C(OCc2ccccc2)C1OCc1ccccc1. The van der Waals surface area contributed by atoms with Gasteiger partial charge in [-0.3, -0.25) is 0 Å². The van der Waals surface area contributed by atoms with Crippen molar-refractivity contribution in [3.05, 3.63) is 108 Å². The quantitative estimate of drug-likeness (QED) is 0.460. The zero-order valence-electron chi connectivity index (χ0n) is 17.3. The number of hydrogen-bond donors (Lipinski definition) is 0. The van der Waals surface area contributed by atoms with Gasteiger partial charge in [-0.15, -0.1) is 0 Å². The fourth-order valence-corrected chi connectivity index (χ4v) is 3.49. The highest BCUT2D eigenvalue weighted by atomic mass is 16.6. The van der Waals surface area contributed by atoms with Crippen LogP contribution in [0.3, 0.4) is 0 Å². The topological polar surface area (TPSA) is 54.0 Å². The number of cyclic esters (lactones) is 1. The average molecular weight is 418 g/mol. The molecule has 2 unspecified atom stereocenters. The predicted molar refractivity (Wildman–Crippen MR) is 116 cm³/mol. The fraction of sp³-hybridized carbons (Fsp3) is 0.269. The van der Waals surface area contributed by atoms with Crippen LogP contribution in [0.1, 0.15) is 16.7 Å². The Kier molecular flexibility index (Phi) is 7.45. The third kappa shape index (κ3) is 6.01. The third-order valence-corrected chi connectivity index (χ3v) is 5.12. The number of hydrogen-bond acceptors (Lipinski definition) is 5. The second-order valence-electron chi connectivity index (χ2n) is 7.45. The van der Waals surface area contributed by atoms with Crippen LogP contribution in [-0.2, 0) is 43.6 Å². The number of benzene rings is 3. The van der Waals surface area contributed by atoms with Crippen molar-refractivity contribution < 1.29 is 23.7 Å². The molecule has 1 aliphatic rings. The van der Waals surface area contributed by atoms with Crippen molar-refractivity contribution in [3.63, 3.8) is 0 Å². The van der Waals surface area contributed by atoms with Gasteiger partial charge in [0.15, 0.2) is 12.2 Å². The summed E-state index contributed by atoms with van der Waals surface area (Å²) in [6, 6.07) is 29.5. The Labute approximate surface area is 182 Å². The van der Waals surface area contributed by atoms with Crippen molar-refractivity contribution in [2.45, 2.75) is 38.1 Å². The van der Waals surface area contributed by atoms with E-state index in [9.17, 15) is 4.79 Å². The zero-order chi connectivity index (χ0) is 21.3. The molecule has 3 aromatic carbocycles. The van der Waals surface area contributed by atoms with Crippen LogP contribution in [0.5, 0.6) is 0 Å². The molecular weight excluding hydrogens is 392 g/mol. The normalized spacial score (nSPS) is 20.5. The highest BCUT2D eigenvalue weighted by Gasteiger charge is 2.46. The van der Waals surface area contributed by atoms with Gasteiger partial charge in [0.2, 0.25) is 0 Å². The third-order valence-electron chi connectivity index (χ3n) is 5.12. The zero-order valence-corrected chi connectivity index (χ0v) is 17.3. The molecule has 1 heterocycles. The summed E-state index contributed by atoms with van der Waals surface area (Å²) in [5.74, 6) is -0.415. The minimum Gasteiger partial charge on any atom is -0.455 e. The van der Waals surface area contributed by atoms with Crippen LogP contribution in [0.4, 0.5) is 0 Å². The molecule has 3 atom stereocenters. The number of esters is 1. The van der Waals surface area contributed by atoms with Gasteiger partial charge in [0.1, 0.15) is 6.10 Å². The molecule has 0 saturated carbocycles. The second kappa shape index (κ2) is 10.9. The highest BCUT2D eigenvalue weighted by Crippen LogP contribution is 2.25. The van der Waals surface area contributed by atoms with Crippen molar-refractivity contribution in [1.29, 1.82) is 0 Å². The summed E-state index contributed by atoms with van der Waals surface area (Å²) in [5, 5.41) is 0. The van der Waals surface area contributed by atoms with E-state index >= 15 is 0 Å². The van der Waals surface area contributed by atoms with E-state index in [1.54, 1.807) is 0 Å². The van der Waals surface area contributed by atoms with E-state index in [-0.39, 0.29) is 6.61 Å². The standard InChI is InChI=1S/C26H26O5/c27-26-25(30-18-22-14-8-3-9-15-22)24(29-17-21-12-6-2-7-13-21)23(31-26)19-28-16-20-10-4-1-5-11-20/h1-15,23-25H,16-19H2/t23-,24?,25?/m1/s1. The largest absolute Gasteiger partial charge is 0.455 e. The lowest BCUT2D eigenvalue weighted by molar-refractivity contribution is -0.152. The van der Waals surface area contributed by atoms with Crippen LogP contribution in [-0.4, -0.2) is 30.9 Å². The fourth-order valence-electron chi connectivity index (χ4n) is 3.49. The van der Waals surface area contributed by atoms with E-state index in [0.717, 1.165) is 16.7 Å². The van der Waals surface area contributed by atoms with Gasteiger partial charge < -0.3 is 18.9 Å². The molecule has 0 radical (unpaired) electrons.